The van der Waals surface area contributed by atoms with Crippen LogP contribution in [0.4, 0.5) is 10.1 Å². The summed E-state index contributed by atoms with van der Waals surface area (Å²) in [5, 5.41) is 7.72. The topological polar surface area (TPSA) is 90.4 Å². The lowest BCUT2D eigenvalue weighted by atomic mass is 10.1. The number of rotatable bonds is 7. The predicted octanol–water partition coefficient (Wildman–Crippen LogP) is 2.45. The molecule has 1 fully saturated rings. The molecule has 0 atom stereocenters. The Kier molecular flexibility index (Phi) is 4.76. The van der Waals surface area contributed by atoms with Crippen LogP contribution in [-0.2, 0) is 10.0 Å². The highest BCUT2D eigenvalue weighted by Crippen LogP contribution is 2.32. The van der Waals surface area contributed by atoms with E-state index < -0.39 is 15.8 Å². The molecule has 0 unspecified atom stereocenters. The Labute approximate surface area is 145 Å². The van der Waals surface area contributed by atoms with Gasteiger partial charge in [-0.2, -0.15) is 0 Å². The zero-order valence-corrected chi connectivity index (χ0v) is 14.6. The van der Waals surface area contributed by atoms with Crippen molar-refractivity contribution in [2.24, 2.45) is 5.92 Å². The number of sulfonamides is 1. The van der Waals surface area contributed by atoms with Crippen molar-refractivity contribution in [3.05, 3.63) is 30.1 Å². The van der Waals surface area contributed by atoms with Crippen LogP contribution in [0, 0.1) is 11.7 Å². The third-order valence-electron chi connectivity index (χ3n) is 3.65. The number of aromatic nitrogens is 2. The monoisotopic (exact) mass is 367 g/mol. The fraction of sp³-hybridized carbons (Fsp3) is 0.375. The summed E-state index contributed by atoms with van der Waals surface area (Å²) in [6, 6.07) is 5.73. The van der Waals surface area contributed by atoms with Crippen molar-refractivity contribution >= 4 is 15.7 Å². The van der Waals surface area contributed by atoms with E-state index in [0.717, 1.165) is 19.1 Å². The second-order valence-corrected chi connectivity index (χ2v) is 7.67. The Morgan fingerprint density at radius 2 is 2.04 bits per heavy atom. The van der Waals surface area contributed by atoms with E-state index in [9.17, 15) is 12.8 Å². The van der Waals surface area contributed by atoms with E-state index in [0.29, 0.717) is 18.3 Å². The van der Waals surface area contributed by atoms with Gasteiger partial charge in [0.1, 0.15) is 17.3 Å². The van der Waals surface area contributed by atoms with Crippen molar-refractivity contribution in [3.8, 4) is 22.9 Å². The van der Waals surface area contributed by atoms with Crippen LogP contribution in [0.5, 0.6) is 11.6 Å². The second kappa shape index (κ2) is 6.83. The third kappa shape index (κ3) is 4.56. The summed E-state index contributed by atoms with van der Waals surface area (Å²) < 4.78 is 50.1. The standard InChI is InChI=1S/C16H18FN3O4S/c1-23-16-15(20-25(2,21)22)8-14(18-19-16)12-7-11(5-6-13(12)17)24-9-10-3-4-10/h5-8,10H,3-4,9H2,1-2H3,(H,18,20). The van der Waals surface area contributed by atoms with Crippen molar-refractivity contribution < 1.29 is 22.3 Å². The van der Waals surface area contributed by atoms with Gasteiger partial charge in [0.05, 0.1) is 25.7 Å². The molecule has 0 bridgehead atoms. The molecular weight excluding hydrogens is 349 g/mol. The summed E-state index contributed by atoms with van der Waals surface area (Å²) in [6.07, 6.45) is 3.30. The van der Waals surface area contributed by atoms with Gasteiger partial charge in [0, 0.05) is 5.56 Å². The van der Waals surface area contributed by atoms with E-state index in [-0.39, 0.29) is 22.8 Å². The predicted molar refractivity (Wildman–Crippen MR) is 90.7 cm³/mol. The van der Waals surface area contributed by atoms with Crippen LogP contribution in [0.3, 0.4) is 0 Å². The van der Waals surface area contributed by atoms with E-state index in [4.69, 9.17) is 9.47 Å². The molecule has 0 amide bonds. The normalized spacial score (nSPS) is 14.2. The molecule has 0 aliphatic heterocycles. The molecule has 3 rings (SSSR count). The molecule has 1 saturated carbocycles. The van der Waals surface area contributed by atoms with E-state index in [1.807, 2.05) is 0 Å². The summed E-state index contributed by atoms with van der Waals surface area (Å²) in [7, 11) is -2.22. The molecule has 9 heteroatoms. The van der Waals surface area contributed by atoms with Crippen LogP contribution in [0.25, 0.3) is 11.3 Å². The molecular formula is C16H18FN3O4S. The van der Waals surface area contributed by atoms with Crippen molar-refractivity contribution in [1.82, 2.24) is 10.2 Å². The molecule has 1 N–H and O–H groups in total. The van der Waals surface area contributed by atoms with Crippen molar-refractivity contribution in [3.63, 3.8) is 0 Å². The number of nitrogens with one attached hydrogen (secondary N) is 1. The molecule has 134 valence electrons. The Bertz CT molecular complexity index is 885. The maximum atomic E-state index is 14.2. The van der Waals surface area contributed by atoms with Crippen molar-refractivity contribution in [1.29, 1.82) is 0 Å². The first-order valence-corrected chi connectivity index (χ1v) is 9.57. The van der Waals surface area contributed by atoms with Gasteiger partial charge >= 0.3 is 0 Å². The minimum Gasteiger partial charge on any atom is -0.493 e. The highest BCUT2D eigenvalue weighted by molar-refractivity contribution is 7.92. The van der Waals surface area contributed by atoms with Crippen LogP contribution in [0.1, 0.15) is 12.8 Å². The van der Waals surface area contributed by atoms with Gasteiger partial charge in [-0.05, 0) is 43.0 Å². The fourth-order valence-electron chi connectivity index (χ4n) is 2.22. The van der Waals surface area contributed by atoms with Gasteiger partial charge in [0.15, 0.2) is 0 Å². The highest BCUT2D eigenvalue weighted by atomic mass is 32.2. The summed E-state index contributed by atoms with van der Waals surface area (Å²) >= 11 is 0. The Balaban J connectivity index is 1.94. The number of hydrogen-bond acceptors (Lipinski definition) is 6. The molecule has 7 nitrogen and oxygen atoms in total. The van der Waals surface area contributed by atoms with Crippen molar-refractivity contribution in [2.75, 3.05) is 24.7 Å². The average Bonchev–Trinajstić information content (AvgIpc) is 3.37. The molecule has 0 saturated heterocycles. The van der Waals surface area contributed by atoms with E-state index in [2.05, 4.69) is 14.9 Å². The molecule has 1 aromatic heterocycles. The van der Waals surface area contributed by atoms with E-state index in [1.54, 1.807) is 6.07 Å². The minimum atomic E-state index is -3.55. The molecule has 1 aliphatic carbocycles. The molecule has 2 aromatic rings. The van der Waals surface area contributed by atoms with Crippen LogP contribution in [0.15, 0.2) is 24.3 Å². The number of hydrogen-bond donors (Lipinski definition) is 1. The first kappa shape index (κ1) is 17.4. The quantitative estimate of drug-likeness (QED) is 0.808. The fourth-order valence-corrected chi connectivity index (χ4v) is 2.77. The van der Waals surface area contributed by atoms with E-state index in [1.165, 1.54) is 25.3 Å². The van der Waals surface area contributed by atoms with Gasteiger partial charge in [0.2, 0.25) is 10.0 Å². The third-order valence-corrected chi connectivity index (χ3v) is 4.24. The first-order chi connectivity index (χ1) is 11.9. The van der Waals surface area contributed by atoms with E-state index >= 15 is 0 Å². The lowest BCUT2D eigenvalue weighted by Gasteiger charge is -2.11. The van der Waals surface area contributed by atoms with Gasteiger partial charge in [0.25, 0.3) is 5.88 Å². The summed E-state index contributed by atoms with van der Waals surface area (Å²) in [6.45, 7) is 0.597. The van der Waals surface area contributed by atoms with Gasteiger partial charge in [-0.15, -0.1) is 10.2 Å². The molecule has 25 heavy (non-hydrogen) atoms. The lowest BCUT2D eigenvalue weighted by molar-refractivity contribution is 0.299. The van der Waals surface area contributed by atoms with Crippen molar-refractivity contribution in [2.45, 2.75) is 12.8 Å². The number of benzene rings is 1. The minimum absolute atomic E-state index is 0.00396. The summed E-state index contributed by atoms with van der Waals surface area (Å²) in [4.78, 5) is 0. The summed E-state index contributed by atoms with van der Waals surface area (Å²) in [5.41, 5.74) is 0.417. The zero-order valence-electron chi connectivity index (χ0n) is 13.8. The number of halogens is 1. The van der Waals surface area contributed by atoms with Crippen LogP contribution < -0.4 is 14.2 Å². The Hall–Kier alpha value is -2.42. The van der Waals surface area contributed by atoms with Crippen LogP contribution >= 0.6 is 0 Å². The Morgan fingerprint density at radius 1 is 1.28 bits per heavy atom. The molecule has 1 aromatic carbocycles. The lowest BCUT2D eigenvalue weighted by Crippen LogP contribution is -2.12. The second-order valence-electron chi connectivity index (χ2n) is 5.92. The Morgan fingerprint density at radius 3 is 2.68 bits per heavy atom. The molecule has 1 heterocycles. The smallest absolute Gasteiger partial charge is 0.257 e. The first-order valence-electron chi connectivity index (χ1n) is 7.68. The SMILES string of the molecule is COc1nnc(-c2cc(OCC3CC3)ccc2F)cc1NS(C)(=O)=O. The zero-order chi connectivity index (χ0) is 18.0. The molecule has 0 radical (unpaired) electrons. The largest absolute Gasteiger partial charge is 0.493 e. The number of ether oxygens (including phenoxy) is 2. The number of nitrogens with zero attached hydrogens (tertiary/aromatic N) is 2. The maximum Gasteiger partial charge on any atom is 0.257 e. The molecule has 0 spiro atoms. The number of anilines is 1. The van der Waals surface area contributed by atoms with Gasteiger partial charge in [-0.25, -0.2) is 12.8 Å². The van der Waals surface area contributed by atoms with Gasteiger partial charge in [-0.3, -0.25) is 4.72 Å². The highest BCUT2D eigenvalue weighted by Gasteiger charge is 2.22. The number of methoxy groups -OCH3 is 1. The summed E-state index contributed by atoms with van der Waals surface area (Å²) in [5.74, 6) is 0.581. The van der Waals surface area contributed by atoms with Gasteiger partial charge in [-0.1, -0.05) is 0 Å². The van der Waals surface area contributed by atoms with Crippen LogP contribution in [-0.4, -0.2) is 38.6 Å². The molecule has 1 aliphatic rings. The maximum absolute atomic E-state index is 14.2. The average molecular weight is 367 g/mol. The van der Waals surface area contributed by atoms with Crippen LogP contribution in [0.2, 0.25) is 0 Å². The van der Waals surface area contributed by atoms with Gasteiger partial charge < -0.3 is 9.47 Å².